The molecule has 1 atom stereocenters. The van der Waals surface area contributed by atoms with Crippen LogP contribution in [0.5, 0.6) is 0 Å². The zero-order valence-electron chi connectivity index (χ0n) is 7.96. The summed E-state index contributed by atoms with van der Waals surface area (Å²) in [5.74, 6) is 0. The van der Waals surface area contributed by atoms with Crippen molar-refractivity contribution < 1.29 is 9.84 Å². The molecule has 12 heavy (non-hydrogen) atoms. The third-order valence-electron chi connectivity index (χ3n) is 1.80. The Hall–Kier alpha value is -0.120. The van der Waals surface area contributed by atoms with Gasteiger partial charge in [-0.2, -0.15) is 0 Å². The van der Waals surface area contributed by atoms with Gasteiger partial charge in [0.2, 0.25) is 0 Å². The van der Waals surface area contributed by atoms with Crippen LogP contribution in [0.15, 0.2) is 0 Å². The van der Waals surface area contributed by atoms with Gasteiger partial charge in [-0.3, -0.25) is 0 Å². The maximum absolute atomic E-state index is 8.52. The Kier molecular flexibility index (Phi) is 8.88. The summed E-state index contributed by atoms with van der Waals surface area (Å²) in [6.07, 6.45) is 4.29. The van der Waals surface area contributed by atoms with Gasteiger partial charge in [0.05, 0.1) is 6.10 Å². The Bertz CT molecular complexity index is 88.6. The lowest BCUT2D eigenvalue weighted by molar-refractivity contribution is 0.0430. The van der Waals surface area contributed by atoms with Crippen LogP contribution in [-0.4, -0.2) is 31.0 Å². The number of hydrogen-bond donors (Lipinski definition) is 2. The number of aliphatic hydroxyl groups is 1. The van der Waals surface area contributed by atoms with Crippen molar-refractivity contribution in [3.63, 3.8) is 0 Å². The molecule has 0 radical (unpaired) electrons. The molecule has 0 aromatic rings. The van der Waals surface area contributed by atoms with E-state index in [1.807, 2.05) is 0 Å². The van der Waals surface area contributed by atoms with E-state index in [0.29, 0.717) is 19.6 Å². The van der Waals surface area contributed by atoms with Crippen LogP contribution in [0.3, 0.4) is 0 Å². The number of nitrogens with two attached hydrogens (primary N) is 1. The van der Waals surface area contributed by atoms with Gasteiger partial charge in [-0.05, 0) is 12.8 Å². The fourth-order valence-corrected chi connectivity index (χ4v) is 1.02. The highest BCUT2D eigenvalue weighted by atomic mass is 16.5. The van der Waals surface area contributed by atoms with Crippen LogP contribution in [0, 0.1) is 0 Å². The van der Waals surface area contributed by atoms with Gasteiger partial charge in [0.15, 0.2) is 0 Å². The lowest BCUT2D eigenvalue weighted by Crippen LogP contribution is -2.24. The van der Waals surface area contributed by atoms with E-state index in [4.69, 9.17) is 15.6 Å². The van der Waals surface area contributed by atoms with Crippen LogP contribution < -0.4 is 5.73 Å². The molecule has 0 aliphatic heterocycles. The maximum atomic E-state index is 8.52. The summed E-state index contributed by atoms with van der Waals surface area (Å²) in [4.78, 5) is 0. The van der Waals surface area contributed by atoms with Gasteiger partial charge in [0.25, 0.3) is 0 Å². The monoisotopic (exact) mass is 175 g/mol. The van der Waals surface area contributed by atoms with E-state index in [9.17, 15) is 0 Å². The van der Waals surface area contributed by atoms with E-state index < -0.39 is 0 Å². The second kappa shape index (κ2) is 8.97. The van der Waals surface area contributed by atoms with Crippen molar-refractivity contribution in [2.45, 2.75) is 38.7 Å². The van der Waals surface area contributed by atoms with Gasteiger partial charge in [-0.1, -0.05) is 19.8 Å². The molecule has 0 bridgehead atoms. The summed E-state index contributed by atoms with van der Waals surface area (Å²) in [5, 5.41) is 8.52. The third kappa shape index (κ3) is 6.58. The van der Waals surface area contributed by atoms with E-state index in [0.717, 1.165) is 6.42 Å². The van der Waals surface area contributed by atoms with E-state index in [1.165, 1.54) is 12.8 Å². The maximum Gasteiger partial charge on any atom is 0.0697 e. The Morgan fingerprint density at radius 3 is 2.67 bits per heavy atom. The molecule has 0 aromatic carbocycles. The van der Waals surface area contributed by atoms with Crippen LogP contribution in [0.4, 0.5) is 0 Å². The highest BCUT2D eigenvalue weighted by Crippen LogP contribution is 2.03. The minimum atomic E-state index is 0.191. The second-order valence-electron chi connectivity index (χ2n) is 2.95. The van der Waals surface area contributed by atoms with Crippen molar-refractivity contribution in [1.82, 2.24) is 0 Å². The second-order valence-corrected chi connectivity index (χ2v) is 2.95. The highest BCUT2D eigenvalue weighted by molar-refractivity contribution is 4.58. The molecule has 0 heterocycles. The number of unbranched alkanes of at least 4 members (excludes halogenated alkanes) is 1. The van der Waals surface area contributed by atoms with Crippen molar-refractivity contribution in [1.29, 1.82) is 0 Å². The van der Waals surface area contributed by atoms with E-state index in [2.05, 4.69) is 6.92 Å². The summed E-state index contributed by atoms with van der Waals surface area (Å²) >= 11 is 0. The molecule has 0 aliphatic carbocycles. The molecular weight excluding hydrogens is 154 g/mol. The lowest BCUT2D eigenvalue weighted by Gasteiger charge is -2.14. The molecule has 0 saturated carbocycles. The minimum Gasteiger partial charge on any atom is -0.396 e. The molecule has 0 fully saturated rings. The first-order valence-electron chi connectivity index (χ1n) is 4.77. The van der Waals surface area contributed by atoms with Crippen LogP contribution >= 0.6 is 0 Å². The average molecular weight is 175 g/mol. The highest BCUT2D eigenvalue weighted by Gasteiger charge is 2.04. The molecule has 3 heteroatoms. The number of aliphatic hydroxyl groups excluding tert-OH is 1. The zero-order valence-corrected chi connectivity index (χ0v) is 7.96. The van der Waals surface area contributed by atoms with Gasteiger partial charge in [0, 0.05) is 19.8 Å². The van der Waals surface area contributed by atoms with E-state index in [1.54, 1.807) is 0 Å². The molecule has 0 saturated heterocycles. The molecule has 74 valence electrons. The third-order valence-corrected chi connectivity index (χ3v) is 1.80. The smallest absolute Gasteiger partial charge is 0.0697 e. The number of hydrogen-bond acceptors (Lipinski definition) is 3. The summed E-state index contributed by atoms with van der Waals surface area (Å²) in [7, 11) is 0. The first-order chi connectivity index (χ1) is 5.85. The zero-order chi connectivity index (χ0) is 9.23. The SMILES string of the molecule is CCCCC(CN)OCCCO. The van der Waals surface area contributed by atoms with Crippen molar-refractivity contribution in [2.24, 2.45) is 5.73 Å². The van der Waals surface area contributed by atoms with E-state index in [-0.39, 0.29) is 12.7 Å². The molecule has 0 aliphatic rings. The Morgan fingerprint density at radius 1 is 1.42 bits per heavy atom. The Balaban J connectivity index is 3.26. The summed E-state index contributed by atoms with van der Waals surface area (Å²) in [6.45, 7) is 3.57. The predicted octanol–water partition coefficient (Wildman–Crippen LogP) is 0.903. The molecule has 3 N–H and O–H groups in total. The average Bonchev–Trinajstić information content (AvgIpc) is 2.11. The van der Waals surface area contributed by atoms with Gasteiger partial charge in [-0.15, -0.1) is 0 Å². The molecular formula is C9H21NO2. The van der Waals surface area contributed by atoms with Crippen molar-refractivity contribution in [3.05, 3.63) is 0 Å². The fraction of sp³-hybridized carbons (Fsp3) is 1.00. The number of rotatable bonds is 8. The fourth-order valence-electron chi connectivity index (χ4n) is 1.02. The molecule has 3 nitrogen and oxygen atoms in total. The molecule has 0 rings (SSSR count). The first-order valence-corrected chi connectivity index (χ1v) is 4.77. The number of ether oxygens (including phenoxy) is 1. The van der Waals surface area contributed by atoms with Crippen molar-refractivity contribution in [2.75, 3.05) is 19.8 Å². The van der Waals surface area contributed by atoms with Gasteiger partial charge < -0.3 is 15.6 Å². The minimum absolute atomic E-state index is 0.191. The first kappa shape index (κ1) is 11.9. The quantitative estimate of drug-likeness (QED) is 0.539. The molecule has 1 unspecified atom stereocenters. The van der Waals surface area contributed by atoms with Crippen molar-refractivity contribution in [3.8, 4) is 0 Å². The summed E-state index contributed by atoms with van der Waals surface area (Å²) in [5.41, 5.74) is 5.51. The van der Waals surface area contributed by atoms with Crippen LogP contribution in [0.2, 0.25) is 0 Å². The largest absolute Gasteiger partial charge is 0.396 e. The van der Waals surface area contributed by atoms with Gasteiger partial charge in [0.1, 0.15) is 0 Å². The van der Waals surface area contributed by atoms with E-state index >= 15 is 0 Å². The molecule has 0 amide bonds. The van der Waals surface area contributed by atoms with Crippen LogP contribution in [0.25, 0.3) is 0 Å². The van der Waals surface area contributed by atoms with Crippen molar-refractivity contribution >= 4 is 0 Å². The lowest BCUT2D eigenvalue weighted by atomic mass is 10.1. The Labute approximate surface area is 74.9 Å². The van der Waals surface area contributed by atoms with Crippen LogP contribution in [-0.2, 0) is 4.74 Å². The molecule has 0 aromatic heterocycles. The van der Waals surface area contributed by atoms with Gasteiger partial charge in [-0.25, -0.2) is 0 Å². The summed E-state index contributed by atoms with van der Waals surface area (Å²) < 4.78 is 5.45. The Morgan fingerprint density at radius 2 is 2.17 bits per heavy atom. The predicted molar refractivity (Wildman–Crippen MR) is 50.0 cm³/mol. The summed E-state index contributed by atoms with van der Waals surface area (Å²) in [6, 6.07) is 0. The standard InChI is InChI=1S/C9H21NO2/c1-2-3-5-9(8-10)12-7-4-6-11/h9,11H,2-8,10H2,1H3. The van der Waals surface area contributed by atoms with Gasteiger partial charge >= 0.3 is 0 Å². The topological polar surface area (TPSA) is 55.5 Å². The molecule has 0 spiro atoms. The normalized spacial score (nSPS) is 13.2. The van der Waals surface area contributed by atoms with Crippen LogP contribution in [0.1, 0.15) is 32.6 Å².